The molecule has 1 aliphatic rings. The largest absolute Gasteiger partial charge is 0.395 e. The van der Waals surface area contributed by atoms with E-state index >= 15 is 0 Å². The maximum absolute atomic E-state index is 11.9. The number of rotatable bonds is 7. The molecule has 1 aliphatic carbocycles. The second kappa shape index (κ2) is 5.79. The van der Waals surface area contributed by atoms with E-state index in [1.807, 2.05) is 0 Å². The van der Waals surface area contributed by atoms with Crippen LogP contribution in [0, 0.1) is 0 Å². The molecular formula is C10H20N2O4S. The number of nitrogens with zero attached hydrogens (tertiary/aromatic N) is 1. The molecule has 1 amide bonds. The highest BCUT2D eigenvalue weighted by atomic mass is 32.2. The van der Waals surface area contributed by atoms with E-state index in [4.69, 9.17) is 10.8 Å². The Bertz CT molecular complexity index is 365. The Morgan fingerprint density at radius 1 is 1.53 bits per heavy atom. The number of aliphatic hydroxyl groups excluding tert-OH is 1. The van der Waals surface area contributed by atoms with Gasteiger partial charge in [0.2, 0.25) is 5.91 Å². The van der Waals surface area contributed by atoms with E-state index in [2.05, 4.69) is 0 Å². The van der Waals surface area contributed by atoms with E-state index in [-0.39, 0.29) is 37.3 Å². The molecule has 0 heterocycles. The van der Waals surface area contributed by atoms with Crippen LogP contribution in [-0.4, -0.2) is 61.6 Å². The van der Waals surface area contributed by atoms with Crippen LogP contribution in [0.1, 0.15) is 19.3 Å². The molecule has 0 bridgehead atoms. The molecule has 17 heavy (non-hydrogen) atoms. The van der Waals surface area contributed by atoms with Crippen LogP contribution in [0.4, 0.5) is 0 Å². The summed E-state index contributed by atoms with van der Waals surface area (Å²) in [7, 11) is -3.10. The minimum Gasteiger partial charge on any atom is -0.395 e. The fraction of sp³-hybridized carbons (Fsp3) is 0.900. The molecule has 0 aromatic carbocycles. The van der Waals surface area contributed by atoms with Crippen LogP contribution < -0.4 is 5.73 Å². The van der Waals surface area contributed by atoms with Crippen LogP contribution in [0.5, 0.6) is 0 Å². The summed E-state index contributed by atoms with van der Waals surface area (Å²) in [6, 6.07) is -0.615. The van der Waals surface area contributed by atoms with Crippen LogP contribution in [0.15, 0.2) is 0 Å². The SMILES string of the molecule is CS(=O)(=O)CCC(N)C(=O)N(CCO)C1CC1. The van der Waals surface area contributed by atoms with Crippen LogP contribution >= 0.6 is 0 Å². The lowest BCUT2D eigenvalue weighted by molar-refractivity contribution is -0.133. The molecule has 0 aromatic rings. The zero-order chi connectivity index (χ0) is 13.1. The molecule has 6 nitrogen and oxygen atoms in total. The zero-order valence-electron chi connectivity index (χ0n) is 10.0. The number of carbonyl (C=O) groups is 1. The molecule has 1 unspecified atom stereocenters. The summed E-state index contributed by atoms with van der Waals surface area (Å²) in [5.41, 5.74) is 5.68. The van der Waals surface area contributed by atoms with Crippen molar-refractivity contribution in [3.8, 4) is 0 Å². The van der Waals surface area contributed by atoms with E-state index < -0.39 is 15.9 Å². The monoisotopic (exact) mass is 264 g/mol. The minimum absolute atomic E-state index is 0.0858. The third kappa shape index (κ3) is 5.01. The molecule has 7 heteroatoms. The van der Waals surface area contributed by atoms with E-state index in [0.29, 0.717) is 0 Å². The number of amides is 1. The molecule has 0 spiro atoms. The van der Waals surface area contributed by atoms with Crippen molar-refractivity contribution < 1.29 is 18.3 Å². The molecule has 0 aliphatic heterocycles. The van der Waals surface area contributed by atoms with Gasteiger partial charge in [0.05, 0.1) is 18.4 Å². The average Bonchev–Trinajstić information content (AvgIpc) is 3.04. The highest BCUT2D eigenvalue weighted by Gasteiger charge is 2.34. The van der Waals surface area contributed by atoms with Crippen LogP contribution in [0.3, 0.4) is 0 Å². The van der Waals surface area contributed by atoms with Crippen LogP contribution in [-0.2, 0) is 14.6 Å². The van der Waals surface area contributed by atoms with E-state index in [9.17, 15) is 13.2 Å². The smallest absolute Gasteiger partial charge is 0.239 e. The van der Waals surface area contributed by atoms with Gasteiger partial charge in [-0.1, -0.05) is 0 Å². The lowest BCUT2D eigenvalue weighted by atomic mass is 10.2. The Hall–Kier alpha value is -0.660. The molecule has 1 fully saturated rings. The number of carbonyl (C=O) groups excluding carboxylic acids is 1. The predicted octanol–water partition coefficient (Wildman–Crippen LogP) is -1.27. The standard InChI is InChI=1S/C10H20N2O4S/c1-17(15,16)7-4-9(11)10(14)12(5-6-13)8-2-3-8/h8-9,13H,2-7,11H2,1H3. The van der Waals surface area contributed by atoms with Crippen molar-refractivity contribution in [2.75, 3.05) is 25.2 Å². The summed E-state index contributed by atoms with van der Waals surface area (Å²) in [6.45, 7) is 0.178. The van der Waals surface area contributed by atoms with Gasteiger partial charge in [0.1, 0.15) is 9.84 Å². The molecule has 0 saturated heterocycles. The number of sulfone groups is 1. The van der Waals surface area contributed by atoms with Crippen molar-refractivity contribution in [2.45, 2.75) is 31.3 Å². The second-order valence-electron chi connectivity index (χ2n) is 4.51. The third-order valence-corrected chi connectivity index (χ3v) is 3.71. The number of hydrogen-bond donors (Lipinski definition) is 2. The Kier molecular flexibility index (Phi) is 4.91. The molecule has 1 atom stereocenters. The van der Waals surface area contributed by atoms with E-state index in [0.717, 1.165) is 19.1 Å². The van der Waals surface area contributed by atoms with Crippen molar-refractivity contribution in [2.24, 2.45) is 5.73 Å². The minimum atomic E-state index is -3.10. The Morgan fingerprint density at radius 3 is 2.53 bits per heavy atom. The normalized spacial score (nSPS) is 17.8. The lowest BCUT2D eigenvalue weighted by Crippen LogP contribution is -2.46. The van der Waals surface area contributed by atoms with Gasteiger partial charge in [-0.25, -0.2) is 8.42 Å². The molecule has 0 aromatic heterocycles. The Labute approximate surface area is 102 Å². The van der Waals surface area contributed by atoms with Crippen LogP contribution in [0.25, 0.3) is 0 Å². The molecule has 1 rings (SSSR count). The summed E-state index contributed by atoms with van der Waals surface area (Å²) in [6.07, 6.45) is 3.12. The first-order valence-electron chi connectivity index (χ1n) is 5.70. The van der Waals surface area contributed by atoms with Crippen molar-refractivity contribution in [1.29, 1.82) is 0 Å². The summed E-state index contributed by atoms with van der Waals surface area (Å²) in [5, 5.41) is 8.87. The Balaban J connectivity index is 2.48. The highest BCUT2D eigenvalue weighted by molar-refractivity contribution is 7.90. The second-order valence-corrected chi connectivity index (χ2v) is 6.77. The van der Waals surface area contributed by atoms with Gasteiger partial charge in [0.15, 0.2) is 0 Å². The summed E-state index contributed by atoms with van der Waals surface area (Å²) in [5.74, 6) is -0.345. The van der Waals surface area contributed by atoms with Gasteiger partial charge >= 0.3 is 0 Å². The van der Waals surface area contributed by atoms with E-state index in [1.165, 1.54) is 0 Å². The van der Waals surface area contributed by atoms with Gasteiger partial charge in [0.25, 0.3) is 0 Å². The fourth-order valence-corrected chi connectivity index (χ4v) is 2.33. The van der Waals surface area contributed by atoms with Gasteiger partial charge in [-0.15, -0.1) is 0 Å². The predicted molar refractivity (Wildman–Crippen MR) is 64.1 cm³/mol. The van der Waals surface area contributed by atoms with Gasteiger partial charge in [-0.2, -0.15) is 0 Å². The fourth-order valence-electron chi connectivity index (χ4n) is 1.64. The highest BCUT2D eigenvalue weighted by Crippen LogP contribution is 2.27. The van der Waals surface area contributed by atoms with Gasteiger partial charge in [-0.05, 0) is 19.3 Å². The summed E-state index contributed by atoms with van der Waals surface area (Å²) in [4.78, 5) is 13.5. The molecule has 1 saturated carbocycles. The first kappa shape index (κ1) is 14.4. The van der Waals surface area contributed by atoms with Crippen molar-refractivity contribution in [3.05, 3.63) is 0 Å². The first-order valence-corrected chi connectivity index (χ1v) is 7.76. The maximum Gasteiger partial charge on any atom is 0.239 e. The van der Waals surface area contributed by atoms with Crippen molar-refractivity contribution in [3.63, 3.8) is 0 Å². The number of hydrogen-bond acceptors (Lipinski definition) is 5. The molecular weight excluding hydrogens is 244 g/mol. The maximum atomic E-state index is 11.9. The van der Waals surface area contributed by atoms with Crippen molar-refractivity contribution >= 4 is 15.7 Å². The van der Waals surface area contributed by atoms with Crippen molar-refractivity contribution in [1.82, 2.24) is 4.90 Å². The lowest BCUT2D eigenvalue weighted by Gasteiger charge is -2.24. The molecule has 0 radical (unpaired) electrons. The quantitative estimate of drug-likeness (QED) is 0.597. The van der Waals surface area contributed by atoms with E-state index in [1.54, 1.807) is 4.90 Å². The van der Waals surface area contributed by atoms with Crippen LogP contribution in [0.2, 0.25) is 0 Å². The molecule has 3 N–H and O–H groups in total. The molecule has 100 valence electrons. The number of aliphatic hydroxyl groups is 1. The topological polar surface area (TPSA) is 101 Å². The Morgan fingerprint density at radius 2 is 2.12 bits per heavy atom. The summed E-state index contributed by atoms with van der Waals surface area (Å²) >= 11 is 0. The first-order chi connectivity index (χ1) is 7.85. The van der Waals surface area contributed by atoms with Gasteiger partial charge in [-0.3, -0.25) is 4.79 Å². The number of nitrogens with two attached hydrogens (primary N) is 1. The zero-order valence-corrected chi connectivity index (χ0v) is 10.8. The average molecular weight is 264 g/mol. The van der Waals surface area contributed by atoms with Gasteiger partial charge in [0, 0.05) is 18.8 Å². The third-order valence-electron chi connectivity index (χ3n) is 2.73. The summed E-state index contributed by atoms with van der Waals surface area (Å²) < 4.78 is 22.0. The van der Waals surface area contributed by atoms with Gasteiger partial charge < -0.3 is 15.7 Å².